The minimum Gasteiger partial charge on any atom is -0.0841 e. The molecule has 0 fully saturated rings. The monoisotopic (exact) mass is 134 g/mol. The van der Waals surface area contributed by atoms with E-state index in [1.54, 1.807) is 6.92 Å². The molecule has 0 amide bonds. The maximum Gasteiger partial charge on any atom is 0.0576 e. The van der Waals surface area contributed by atoms with Gasteiger partial charge in [0, 0.05) is 1.37 Å². The van der Waals surface area contributed by atoms with Gasteiger partial charge in [0.15, 0.2) is 0 Å². The molecular formula is C10H12. The minimum absolute atomic E-state index is 0.180. The van der Waals surface area contributed by atoms with Crippen LogP contribution in [0.3, 0.4) is 0 Å². The van der Waals surface area contributed by atoms with Crippen LogP contribution < -0.4 is 0 Å². The number of hydrogen-bond acceptors (Lipinski definition) is 0. The molecule has 0 spiro atoms. The summed E-state index contributed by atoms with van der Waals surface area (Å²) in [4.78, 5) is 0. The van der Waals surface area contributed by atoms with Crippen molar-refractivity contribution < 1.29 is 2.74 Å². The molecule has 1 rings (SSSR count). The first-order valence-electron chi connectivity index (χ1n) is 4.47. The first kappa shape index (κ1) is 4.73. The lowest BCUT2D eigenvalue weighted by Crippen LogP contribution is -1.75. The second-order valence-electron chi connectivity index (χ2n) is 2.09. The lowest BCUT2D eigenvalue weighted by molar-refractivity contribution is 1.54. The Morgan fingerprint density at radius 3 is 2.70 bits per heavy atom. The first-order valence-corrected chi connectivity index (χ1v) is 3.26. The summed E-state index contributed by atoms with van der Waals surface area (Å²) < 4.78 is 14.7. The zero-order valence-electron chi connectivity index (χ0n) is 8.09. The van der Waals surface area contributed by atoms with Gasteiger partial charge < -0.3 is 0 Å². The third-order valence-electron chi connectivity index (χ3n) is 1.42. The molecule has 0 nitrogen and oxygen atoms in total. The number of hydrogen-bond donors (Lipinski definition) is 0. The van der Waals surface area contributed by atoms with Gasteiger partial charge in [0.05, 0.1) is 1.37 Å². The van der Waals surface area contributed by atoms with Gasteiger partial charge in [-0.05, 0) is 25.0 Å². The Kier molecular flexibility index (Phi) is 1.52. The molecule has 1 aromatic rings. The molecule has 0 aliphatic carbocycles. The van der Waals surface area contributed by atoms with Crippen molar-refractivity contribution in [1.82, 2.24) is 0 Å². The van der Waals surface area contributed by atoms with E-state index in [4.69, 9.17) is 2.74 Å². The van der Waals surface area contributed by atoms with Gasteiger partial charge in [0.1, 0.15) is 0 Å². The third-order valence-corrected chi connectivity index (χ3v) is 1.42. The first-order chi connectivity index (χ1) is 5.75. The summed E-state index contributed by atoms with van der Waals surface area (Å²) in [5.74, 6) is 0. The van der Waals surface area contributed by atoms with Gasteiger partial charge in [-0.3, -0.25) is 0 Å². The number of rotatable bonds is 1. The van der Waals surface area contributed by atoms with Crippen molar-refractivity contribution in [2.45, 2.75) is 13.8 Å². The van der Waals surface area contributed by atoms with Crippen LogP contribution in [-0.2, 0) is 0 Å². The van der Waals surface area contributed by atoms with E-state index in [2.05, 4.69) is 0 Å². The van der Waals surface area contributed by atoms with Crippen LogP contribution in [0, 0.1) is 0 Å². The van der Waals surface area contributed by atoms with Crippen LogP contribution in [0.5, 0.6) is 0 Å². The third kappa shape index (κ3) is 1.47. The fourth-order valence-corrected chi connectivity index (χ4v) is 0.784. The quantitative estimate of drug-likeness (QED) is 0.553. The van der Waals surface area contributed by atoms with E-state index in [0.717, 1.165) is 11.1 Å². The van der Waals surface area contributed by atoms with E-state index in [0.29, 0.717) is 6.05 Å². The number of allylic oxidation sites excluding steroid dienone is 2. The van der Waals surface area contributed by atoms with Gasteiger partial charge in [-0.2, -0.15) is 0 Å². The van der Waals surface area contributed by atoms with E-state index in [1.165, 1.54) is 0 Å². The predicted octanol–water partition coefficient (Wildman–Crippen LogP) is 3.11. The van der Waals surface area contributed by atoms with Gasteiger partial charge in [-0.15, -0.1) is 0 Å². The fourth-order valence-electron chi connectivity index (χ4n) is 0.784. The Morgan fingerprint density at radius 2 is 2.20 bits per heavy atom. The van der Waals surface area contributed by atoms with Gasteiger partial charge in [0.2, 0.25) is 0 Å². The van der Waals surface area contributed by atoms with Gasteiger partial charge in [0.25, 0.3) is 0 Å². The summed E-state index contributed by atoms with van der Waals surface area (Å²) in [6, 6.07) is 10.1. The summed E-state index contributed by atoms with van der Waals surface area (Å²) in [6.07, 6.45) is 0. The molecule has 0 aliphatic heterocycles. The Hall–Kier alpha value is -1.04. The largest absolute Gasteiger partial charge is 0.0841 e. The van der Waals surface area contributed by atoms with Crippen molar-refractivity contribution in [3.63, 3.8) is 0 Å². The highest BCUT2D eigenvalue weighted by molar-refractivity contribution is 5.62. The standard InChI is InChI=1S/C10H12/c1-3-9(2)10-7-5-4-6-8-10/h3-8H,1-2H3/b9-3+/i2D,3D. The molecule has 0 heteroatoms. The summed E-state index contributed by atoms with van der Waals surface area (Å²) in [5, 5.41) is 0. The van der Waals surface area contributed by atoms with Crippen molar-refractivity contribution in [2.75, 3.05) is 0 Å². The van der Waals surface area contributed by atoms with Crippen LogP contribution in [-0.4, -0.2) is 0 Å². The molecule has 0 radical (unpaired) electrons. The minimum atomic E-state index is 0.180. The molecule has 0 N–H and O–H groups in total. The van der Waals surface area contributed by atoms with Crippen LogP contribution in [0.2, 0.25) is 0 Å². The lowest BCUT2D eigenvalue weighted by atomic mass is 10.1. The molecule has 1 aromatic carbocycles. The van der Waals surface area contributed by atoms with Gasteiger partial charge in [-0.25, -0.2) is 0 Å². The molecule has 0 atom stereocenters. The van der Waals surface area contributed by atoms with E-state index in [-0.39, 0.29) is 6.90 Å². The average molecular weight is 134 g/mol. The molecule has 0 bridgehead atoms. The van der Waals surface area contributed by atoms with E-state index in [9.17, 15) is 0 Å². The molecule has 10 heavy (non-hydrogen) atoms. The Balaban J connectivity index is 3.05. The molecule has 0 unspecified atom stereocenters. The molecule has 0 heterocycles. The maximum absolute atomic E-state index is 7.43. The highest BCUT2D eigenvalue weighted by atomic mass is 13.9. The highest BCUT2D eigenvalue weighted by Crippen LogP contribution is 2.11. The zero-order valence-corrected chi connectivity index (χ0v) is 6.09. The number of benzene rings is 1. The van der Waals surface area contributed by atoms with Crippen LogP contribution in [0.15, 0.2) is 36.4 Å². The molecule has 0 aromatic heterocycles. The summed E-state index contributed by atoms with van der Waals surface area (Å²) in [7, 11) is 0. The van der Waals surface area contributed by atoms with Crippen molar-refractivity contribution in [1.29, 1.82) is 0 Å². The van der Waals surface area contributed by atoms with Crippen molar-refractivity contribution in [3.05, 3.63) is 41.9 Å². The van der Waals surface area contributed by atoms with E-state index < -0.39 is 0 Å². The lowest BCUT2D eigenvalue weighted by Gasteiger charge is -1.97. The van der Waals surface area contributed by atoms with Crippen molar-refractivity contribution >= 4 is 5.57 Å². The van der Waals surface area contributed by atoms with Crippen LogP contribution >= 0.6 is 0 Å². The Bertz CT molecular complexity index is 271. The summed E-state index contributed by atoms with van der Waals surface area (Å²) in [6.45, 7) is 1.90. The SMILES string of the molecule is [2H]C/C(=C(/[2H])C)c1ccccc1. The maximum atomic E-state index is 7.43. The Morgan fingerprint density at radius 1 is 1.50 bits per heavy atom. The second kappa shape index (κ2) is 3.21. The molecular weight excluding hydrogens is 120 g/mol. The van der Waals surface area contributed by atoms with Crippen LogP contribution in [0.25, 0.3) is 5.57 Å². The second-order valence-corrected chi connectivity index (χ2v) is 2.09. The fraction of sp³-hybridized carbons (Fsp3) is 0.200. The average Bonchev–Trinajstić information content (AvgIpc) is 2.07. The van der Waals surface area contributed by atoms with Gasteiger partial charge in [-0.1, -0.05) is 36.4 Å². The van der Waals surface area contributed by atoms with E-state index >= 15 is 0 Å². The van der Waals surface area contributed by atoms with Gasteiger partial charge >= 0.3 is 0 Å². The normalized spacial score (nSPS) is 15.3. The topological polar surface area (TPSA) is 0 Å². The highest BCUT2D eigenvalue weighted by Gasteiger charge is 1.88. The zero-order chi connectivity index (χ0) is 8.97. The molecule has 0 saturated heterocycles. The Labute approximate surface area is 65.0 Å². The summed E-state index contributed by atoms with van der Waals surface area (Å²) >= 11 is 0. The predicted molar refractivity (Wildman–Crippen MR) is 45.8 cm³/mol. The molecule has 52 valence electrons. The molecule has 0 saturated carbocycles. The van der Waals surface area contributed by atoms with Crippen LogP contribution in [0.1, 0.15) is 22.1 Å². The van der Waals surface area contributed by atoms with E-state index in [1.807, 2.05) is 30.3 Å². The van der Waals surface area contributed by atoms with Crippen LogP contribution in [0.4, 0.5) is 0 Å². The van der Waals surface area contributed by atoms with Crippen molar-refractivity contribution in [3.8, 4) is 0 Å². The smallest absolute Gasteiger partial charge is 0.0576 e. The summed E-state index contributed by atoms with van der Waals surface area (Å²) in [5.41, 5.74) is 1.79. The van der Waals surface area contributed by atoms with Crippen molar-refractivity contribution in [2.24, 2.45) is 0 Å². The molecule has 0 aliphatic rings.